The zero-order valence-corrected chi connectivity index (χ0v) is 88.2. The number of fused-ring (bicyclic) bond motifs is 2. The Hall–Kier alpha value is -6.50. The van der Waals surface area contributed by atoms with E-state index >= 15 is 0 Å². The second-order valence-corrected chi connectivity index (χ2v) is 53.5. The first-order valence-electron chi connectivity index (χ1n) is 43.4. The SMILES string of the molecule is CC[C@H]1O[C@@H](n2cc(C)c(N)nc2=O)CC1OP(O)(=S)OC[C@H]1O[C@@H](n2cc(C)c(=O)[nH]c2=O)CC1OP(=O)(S)OC[C@H]1O[C@@H](n2cc(C)c(=O)[nH]c2=O)CC1OP(O)(=S)OC[C@H]1O[C@@H](n2cc(C)c(=O)[nH]c2=O)CC1OP(O)(=S)OC[C@H]1O[C@@H](n2cnc3c(N)ncnc32)CC1OP(O)(=S)OC[C@H]1O[C@@H](n2cc(C)c(N)nc2=O)CC1OP(O)(=S)OC[C@H]1O[C@@H](n2cnc3c(N)ncnc32)CC1OP(O)(=S)OC. The van der Waals surface area contributed by atoms with Gasteiger partial charge in [-0.1, -0.05) is 19.2 Å². The third-order valence-corrected chi connectivity index (χ3v) is 35.2. The van der Waals surface area contributed by atoms with Crippen molar-refractivity contribution in [3.8, 4) is 0 Å². The smallest absolute Gasteiger partial charge is 0.383 e. The van der Waals surface area contributed by atoms with E-state index in [0.717, 1.165) is 37.9 Å². The molecule has 0 bridgehead atoms. The highest BCUT2D eigenvalue weighted by molar-refractivity contribution is 8.44. The molecule has 9 aromatic heterocycles. The Kier molecular flexibility index (Phi) is 34.0. The van der Waals surface area contributed by atoms with E-state index in [9.17, 15) is 72.3 Å². The van der Waals surface area contributed by atoms with Gasteiger partial charge >= 0.3 is 75.6 Å². The highest BCUT2D eigenvalue weighted by atomic mass is 32.7. The van der Waals surface area contributed by atoms with Crippen molar-refractivity contribution in [3.05, 3.63) is 168 Å². The summed E-state index contributed by atoms with van der Waals surface area (Å²) in [4.78, 5) is 216. The summed E-state index contributed by atoms with van der Waals surface area (Å²) in [6, 6.07) is 0. The molecule has 7 saturated heterocycles. The van der Waals surface area contributed by atoms with E-state index in [-0.39, 0.29) is 94.4 Å². The van der Waals surface area contributed by atoms with Crippen molar-refractivity contribution in [2.45, 2.75) is 222 Å². The van der Waals surface area contributed by atoms with Crippen LogP contribution >= 0.6 is 59.4 Å². The lowest BCUT2D eigenvalue weighted by molar-refractivity contribution is -0.0571. The van der Waals surface area contributed by atoms with Crippen LogP contribution in [0, 0.1) is 34.6 Å². The number of H-pyrrole nitrogens is 3. The standard InChI is InChI=1S/C72H97N22O36P7S7/c1-8-36-37(9-50(117-36)88-16-31(2)59(73)83-68(88)98)125-132(104,139)111-22-46-40(11-52(119-46)90-18-33(4)65(95)85-70(90)100)127-134(106,141)113-24-47-41(12-53(120-47)91-19-34(5)66(96)86-71(91)101)128-135(107,142)114-25-48-42(13-54(121-48)92-20-35(6)67(97)87-72(92)102)129-136(108,143)116-26-49-43(15-56(123-49)94-30-82-58-62(76)78-28-80-64(58)94)130-137(109,144)115-23-45-39(10-51(118-45)89-17-32(3)60(74)84-69(89)99)126-133(105,140)112-21-44-38(124-131(103,138)110-7)14-55(122-44)93-29-81-57-61(75)77-27-79-63(57)93/h16-20,27-30,36-56H,8-15,21-26H2,1-7H3,(H,103,138)(H,104,139)(H,105,140)(H,106,141)(H,107,142)(H,108,143)(H,109,144)(H2,73,83,98)(H2,74,84,99)(H2,75,77,79)(H2,76,78,80)(H,85,95,100)(H,86,96,101)(H,87,97,102)/t36-,37?,38?,39?,40?,41?,42?,43?,44-,45-,46-,47-,48-,49-,50-,51-,52-,53-,54-,55-,56-,131?,132?,133?,134?,135?,136?,137?/m1/s1. The molecule has 72 heteroatoms. The van der Waals surface area contributed by atoms with E-state index < -0.39 is 274 Å². The summed E-state index contributed by atoms with van der Waals surface area (Å²) in [7, 11) is 1.15. The van der Waals surface area contributed by atoms with Crippen LogP contribution < -0.4 is 68.1 Å². The number of hydrogen-bond acceptors (Lipinski definition) is 48. The lowest BCUT2D eigenvalue weighted by Gasteiger charge is -2.28. The van der Waals surface area contributed by atoms with Gasteiger partial charge in [-0.25, -0.2) is 58.4 Å². The summed E-state index contributed by atoms with van der Waals surface area (Å²) in [5, 5.41) is 0. The van der Waals surface area contributed by atoms with Gasteiger partial charge in [0, 0.05) is 111 Å². The van der Waals surface area contributed by atoms with Crippen LogP contribution in [-0.4, -0.2) is 248 Å². The van der Waals surface area contributed by atoms with Gasteiger partial charge in [-0.15, -0.1) is 0 Å². The topological polar surface area (TPSA) is 758 Å². The maximum Gasteiger partial charge on any atom is 0.386 e. The Morgan fingerprint density at radius 1 is 0.361 bits per heavy atom. The lowest BCUT2D eigenvalue weighted by Crippen LogP contribution is -2.33. The van der Waals surface area contributed by atoms with Gasteiger partial charge in [-0.2, -0.15) is 9.97 Å². The highest BCUT2D eigenvalue weighted by Crippen LogP contribution is 2.61. The molecule has 7 fully saturated rings. The first kappa shape index (κ1) is 110. The van der Waals surface area contributed by atoms with Crippen LogP contribution in [0.15, 0.2) is 94.6 Å². The third-order valence-electron chi connectivity index (χ3n) is 23.9. The fourth-order valence-electron chi connectivity index (χ4n) is 16.7. The number of imidazole rings is 2. The summed E-state index contributed by atoms with van der Waals surface area (Å²) < 4.78 is 151. The number of aromatic amines is 3. The van der Waals surface area contributed by atoms with Crippen LogP contribution in [0.5, 0.6) is 0 Å². The first-order valence-corrected chi connectivity index (χ1v) is 61.6. The predicted octanol–water partition coefficient (Wildman–Crippen LogP) is 1.91. The highest BCUT2D eigenvalue weighted by Gasteiger charge is 2.52. The second-order valence-electron chi connectivity index (χ2n) is 33.8. The van der Waals surface area contributed by atoms with Crippen molar-refractivity contribution in [1.29, 1.82) is 0 Å². The molecule has 0 aromatic carbocycles. The summed E-state index contributed by atoms with van der Waals surface area (Å²) >= 11 is 37.7. The van der Waals surface area contributed by atoms with Gasteiger partial charge in [0.2, 0.25) is 0 Å². The Labute approximate surface area is 846 Å². The molecule has 14 unspecified atom stereocenters. The minimum absolute atomic E-state index is 0.0105. The number of ether oxygens (including phenoxy) is 7. The first-order chi connectivity index (χ1) is 67.8. The monoisotopic (exact) mass is 2290 g/mol. The molecule has 28 atom stereocenters. The maximum atomic E-state index is 14.8. The summed E-state index contributed by atoms with van der Waals surface area (Å²) in [5.74, 6) is -0.0145. The zero-order valence-electron chi connectivity index (χ0n) is 76.2. The molecule has 58 nitrogen and oxygen atoms in total. The van der Waals surface area contributed by atoms with Crippen LogP contribution in [0.3, 0.4) is 0 Å². The number of nitrogens with two attached hydrogens (primary N) is 4. The Morgan fingerprint density at radius 2 is 0.611 bits per heavy atom. The van der Waals surface area contributed by atoms with Crippen molar-refractivity contribution in [2.75, 3.05) is 69.7 Å². The summed E-state index contributed by atoms with van der Waals surface area (Å²) in [6.07, 6.45) is -16.9. The average molecular weight is 2290 g/mol. The van der Waals surface area contributed by atoms with Gasteiger partial charge in [0.15, 0.2) is 22.9 Å². The Bertz CT molecular complexity index is 7250. The molecule has 17 N–H and O–H groups in total. The number of anilines is 4. The fraction of sp³-hybridized carbons (Fsp3) is 0.583. The normalized spacial score (nSPS) is 29.7. The molecule has 7 aliphatic heterocycles. The molecular weight excluding hydrogens is 2190 g/mol. The molecule has 7 aliphatic rings. The van der Waals surface area contributed by atoms with Crippen molar-refractivity contribution in [3.63, 3.8) is 0 Å². The van der Waals surface area contributed by atoms with E-state index in [0.29, 0.717) is 17.5 Å². The fourth-order valence-corrected chi connectivity index (χ4v) is 26.6. The van der Waals surface area contributed by atoms with Crippen molar-refractivity contribution >= 4 is 176 Å². The molecule has 0 spiro atoms. The summed E-state index contributed by atoms with van der Waals surface area (Å²) in [5.41, 5.74) is 19.3. The molecule has 0 amide bonds. The molecule has 16 heterocycles. The van der Waals surface area contributed by atoms with Crippen LogP contribution in [0.25, 0.3) is 22.3 Å². The van der Waals surface area contributed by atoms with Crippen LogP contribution in [0.1, 0.15) is 130 Å². The number of nitrogen functional groups attached to an aromatic ring is 4. The maximum absolute atomic E-state index is 14.8. The average Bonchev–Trinajstić information content (AvgIpc) is 1.63. The largest absolute Gasteiger partial charge is 0.386 e. The quantitative estimate of drug-likeness (QED) is 0.0192. The van der Waals surface area contributed by atoms with E-state index in [1.807, 2.05) is 0 Å². The number of aryl methyl sites for hydroxylation is 5. The van der Waals surface area contributed by atoms with Crippen molar-refractivity contribution in [1.82, 2.24) is 86.8 Å². The van der Waals surface area contributed by atoms with Gasteiger partial charge in [0.25, 0.3) is 16.7 Å². The minimum atomic E-state index is -4.82. The lowest BCUT2D eigenvalue weighted by atomic mass is 10.1. The van der Waals surface area contributed by atoms with Gasteiger partial charge < -0.3 is 140 Å². The Balaban J connectivity index is 0.605. The molecular formula is C72H97N22O36P7S7. The van der Waals surface area contributed by atoms with Gasteiger partial charge in [0.05, 0.1) is 95.0 Å². The molecule has 144 heavy (non-hydrogen) atoms. The molecule has 788 valence electrons. The van der Waals surface area contributed by atoms with Crippen molar-refractivity contribution in [2.24, 2.45) is 0 Å². The number of hydrogen-bond donors (Lipinski definition) is 14. The summed E-state index contributed by atoms with van der Waals surface area (Å²) in [6.45, 7) is -27.1. The number of nitrogens with zero attached hydrogens (tertiary/aromatic N) is 15. The van der Waals surface area contributed by atoms with E-state index in [2.05, 4.69) is 67.1 Å². The predicted molar refractivity (Wildman–Crippen MR) is 525 cm³/mol. The number of nitrogens with one attached hydrogen (secondary N) is 3. The molecule has 0 aliphatic carbocycles. The number of aromatic nitrogens is 18. The van der Waals surface area contributed by atoms with Crippen LogP contribution in [0.4, 0.5) is 23.3 Å². The van der Waals surface area contributed by atoms with E-state index in [4.69, 9.17) is 190 Å². The molecule has 9 aromatic rings. The zero-order chi connectivity index (χ0) is 104. The van der Waals surface area contributed by atoms with E-state index in [1.54, 1.807) is 20.8 Å². The van der Waals surface area contributed by atoms with Crippen molar-refractivity contribution < 1.29 is 130 Å². The van der Waals surface area contributed by atoms with Gasteiger partial charge in [-0.3, -0.25) is 70.4 Å². The molecule has 0 saturated carbocycles. The van der Waals surface area contributed by atoms with E-state index in [1.165, 1.54) is 78.2 Å². The van der Waals surface area contributed by atoms with Gasteiger partial charge in [0.1, 0.15) is 122 Å². The minimum Gasteiger partial charge on any atom is -0.383 e. The van der Waals surface area contributed by atoms with Crippen LogP contribution in [0.2, 0.25) is 0 Å². The number of rotatable bonds is 41. The Morgan fingerprint density at radius 3 is 0.903 bits per heavy atom. The van der Waals surface area contributed by atoms with Gasteiger partial charge in [-0.05, 0) is 112 Å². The third kappa shape index (κ3) is 25.9. The van der Waals surface area contributed by atoms with Crippen LogP contribution in [-0.2, 0) is 172 Å². The second kappa shape index (κ2) is 44.4. The number of thiol groups is 1. The molecule has 0 radical (unpaired) electrons. The molecule has 16 rings (SSSR count).